The summed E-state index contributed by atoms with van der Waals surface area (Å²) in [5.74, 6) is 0.271. The highest BCUT2D eigenvalue weighted by molar-refractivity contribution is 5.68. The number of nitrogens with zero attached hydrogens (tertiary/aromatic N) is 3. The fourth-order valence-corrected chi connectivity index (χ4v) is 1.20. The first-order valence-corrected chi connectivity index (χ1v) is 4.83. The van der Waals surface area contributed by atoms with Gasteiger partial charge in [0.25, 0.3) is 0 Å². The van der Waals surface area contributed by atoms with Gasteiger partial charge in [-0.15, -0.1) is 0 Å². The zero-order chi connectivity index (χ0) is 11.3. The van der Waals surface area contributed by atoms with E-state index in [1.54, 1.807) is 11.9 Å². The van der Waals surface area contributed by atoms with Gasteiger partial charge in [-0.3, -0.25) is 9.69 Å². The zero-order valence-electron chi connectivity index (χ0n) is 8.93. The zero-order valence-corrected chi connectivity index (χ0v) is 8.93. The van der Waals surface area contributed by atoms with Gasteiger partial charge in [-0.05, 0) is 13.5 Å². The van der Waals surface area contributed by atoms with Crippen molar-refractivity contribution in [2.75, 3.05) is 13.6 Å². The maximum atomic E-state index is 10.4. The maximum absolute atomic E-state index is 10.4. The van der Waals surface area contributed by atoms with Gasteiger partial charge in [0.2, 0.25) is 5.89 Å². The topological polar surface area (TPSA) is 79.5 Å². The van der Waals surface area contributed by atoms with Gasteiger partial charge in [-0.2, -0.15) is 4.98 Å². The average Bonchev–Trinajstić information content (AvgIpc) is 2.51. The van der Waals surface area contributed by atoms with Crippen molar-refractivity contribution < 1.29 is 14.4 Å². The minimum atomic E-state index is -0.866. The monoisotopic (exact) mass is 213 g/mol. The number of likely N-dealkylation sites (N-methyl/N-ethyl adjacent to an activating group) is 1. The molecule has 0 aliphatic heterocycles. The van der Waals surface area contributed by atoms with Crippen molar-refractivity contribution in [1.82, 2.24) is 15.0 Å². The molecule has 6 heteroatoms. The van der Waals surface area contributed by atoms with E-state index in [1.165, 1.54) is 0 Å². The quantitative estimate of drug-likeness (QED) is 0.742. The molecule has 0 saturated carbocycles. The Kier molecular flexibility index (Phi) is 4.23. The van der Waals surface area contributed by atoms with E-state index in [0.717, 1.165) is 12.8 Å². The Morgan fingerprint density at radius 1 is 1.60 bits per heavy atom. The molecule has 1 heterocycles. The summed E-state index contributed by atoms with van der Waals surface area (Å²) in [5.41, 5.74) is 0. The maximum Gasteiger partial charge on any atom is 0.317 e. The third-order valence-corrected chi connectivity index (χ3v) is 1.79. The standard InChI is InChI=1S/C9H15N3O3/c1-3-4-8-10-7(11-15-8)5-12(2)6-9(13)14/h3-6H2,1-2H3,(H,13,14). The van der Waals surface area contributed by atoms with Crippen LogP contribution < -0.4 is 0 Å². The molecule has 0 radical (unpaired) electrons. The van der Waals surface area contributed by atoms with E-state index in [4.69, 9.17) is 9.63 Å². The Labute approximate surface area is 87.9 Å². The lowest BCUT2D eigenvalue weighted by molar-refractivity contribution is -0.138. The molecule has 15 heavy (non-hydrogen) atoms. The fourth-order valence-electron chi connectivity index (χ4n) is 1.20. The van der Waals surface area contributed by atoms with Gasteiger partial charge in [-0.1, -0.05) is 12.1 Å². The second-order valence-corrected chi connectivity index (χ2v) is 3.42. The van der Waals surface area contributed by atoms with Crippen LogP contribution in [-0.2, 0) is 17.8 Å². The highest BCUT2D eigenvalue weighted by Gasteiger charge is 2.10. The Balaban J connectivity index is 2.45. The van der Waals surface area contributed by atoms with Crippen molar-refractivity contribution in [2.45, 2.75) is 26.3 Å². The number of hydrogen-bond acceptors (Lipinski definition) is 5. The van der Waals surface area contributed by atoms with Crippen molar-refractivity contribution >= 4 is 5.97 Å². The molecule has 6 nitrogen and oxygen atoms in total. The molecule has 0 amide bonds. The molecule has 1 N–H and O–H groups in total. The molecule has 0 unspecified atom stereocenters. The van der Waals surface area contributed by atoms with Crippen molar-refractivity contribution in [1.29, 1.82) is 0 Å². The minimum absolute atomic E-state index is 0.0301. The second kappa shape index (κ2) is 5.45. The highest BCUT2D eigenvalue weighted by atomic mass is 16.5. The molecule has 0 saturated heterocycles. The lowest BCUT2D eigenvalue weighted by Gasteiger charge is -2.09. The molecule has 1 aromatic rings. The van der Waals surface area contributed by atoms with Crippen LogP contribution in [0.2, 0.25) is 0 Å². The lowest BCUT2D eigenvalue weighted by atomic mass is 10.3. The molecular formula is C9H15N3O3. The van der Waals surface area contributed by atoms with E-state index in [-0.39, 0.29) is 6.54 Å². The molecule has 1 rings (SSSR count). The molecule has 0 aliphatic rings. The molecule has 0 bridgehead atoms. The van der Waals surface area contributed by atoms with Crippen LogP contribution in [0.5, 0.6) is 0 Å². The second-order valence-electron chi connectivity index (χ2n) is 3.42. The Morgan fingerprint density at radius 2 is 2.33 bits per heavy atom. The summed E-state index contributed by atoms with van der Waals surface area (Å²) in [6, 6.07) is 0. The van der Waals surface area contributed by atoms with E-state index in [0.29, 0.717) is 18.3 Å². The van der Waals surface area contributed by atoms with Crippen LogP contribution in [0.15, 0.2) is 4.52 Å². The minimum Gasteiger partial charge on any atom is -0.480 e. The van der Waals surface area contributed by atoms with E-state index in [2.05, 4.69) is 10.1 Å². The summed E-state index contributed by atoms with van der Waals surface area (Å²) >= 11 is 0. The third kappa shape index (κ3) is 4.07. The van der Waals surface area contributed by atoms with Gasteiger partial charge in [0.1, 0.15) is 0 Å². The van der Waals surface area contributed by atoms with Gasteiger partial charge >= 0.3 is 5.97 Å². The molecular weight excluding hydrogens is 198 g/mol. The molecule has 84 valence electrons. The number of carboxylic acid groups (broad SMARTS) is 1. The summed E-state index contributed by atoms with van der Waals surface area (Å²) in [4.78, 5) is 16.2. The van der Waals surface area contributed by atoms with Crippen LogP contribution in [-0.4, -0.2) is 39.7 Å². The van der Waals surface area contributed by atoms with Gasteiger partial charge in [-0.25, -0.2) is 0 Å². The summed E-state index contributed by atoms with van der Waals surface area (Å²) in [5, 5.41) is 12.3. The average molecular weight is 213 g/mol. The van der Waals surface area contributed by atoms with E-state index in [1.807, 2.05) is 6.92 Å². The number of aliphatic carboxylic acids is 1. The number of carbonyl (C=O) groups is 1. The van der Waals surface area contributed by atoms with Crippen LogP contribution >= 0.6 is 0 Å². The number of carboxylic acids is 1. The van der Waals surface area contributed by atoms with E-state index >= 15 is 0 Å². The van der Waals surface area contributed by atoms with Crippen LogP contribution in [0.1, 0.15) is 25.1 Å². The van der Waals surface area contributed by atoms with Crippen LogP contribution in [0.4, 0.5) is 0 Å². The molecule has 0 aromatic carbocycles. The molecule has 0 spiro atoms. The molecule has 1 aromatic heterocycles. The Hall–Kier alpha value is -1.43. The molecule has 0 atom stereocenters. The molecule has 0 aliphatic carbocycles. The number of aromatic nitrogens is 2. The predicted molar refractivity (Wildman–Crippen MR) is 52.3 cm³/mol. The Bertz CT molecular complexity index is 324. The van der Waals surface area contributed by atoms with Crippen molar-refractivity contribution in [3.63, 3.8) is 0 Å². The van der Waals surface area contributed by atoms with E-state index < -0.39 is 5.97 Å². The van der Waals surface area contributed by atoms with Crippen LogP contribution in [0, 0.1) is 0 Å². The van der Waals surface area contributed by atoms with Gasteiger partial charge in [0.15, 0.2) is 5.82 Å². The molecule has 0 fully saturated rings. The lowest BCUT2D eigenvalue weighted by Crippen LogP contribution is -2.25. The first kappa shape index (κ1) is 11.6. The van der Waals surface area contributed by atoms with Gasteiger partial charge < -0.3 is 9.63 Å². The first-order chi connectivity index (χ1) is 7.11. The summed E-state index contributed by atoms with van der Waals surface area (Å²) in [6.45, 7) is 2.39. The van der Waals surface area contributed by atoms with Crippen LogP contribution in [0.25, 0.3) is 0 Å². The summed E-state index contributed by atoms with van der Waals surface area (Å²) in [6.07, 6.45) is 1.71. The highest BCUT2D eigenvalue weighted by Crippen LogP contribution is 2.02. The largest absolute Gasteiger partial charge is 0.480 e. The number of rotatable bonds is 6. The van der Waals surface area contributed by atoms with Crippen molar-refractivity contribution in [3.05, 3.63) is 11.7 Å². The smallest absolute Gasteiger partial charge is 0.317 e. The normalized spacial score (nSPS) is 10.9. The van der Waals surface area contributed by atoms with Crippen molar-refractivity contribution in [2.24, 2.45) is 0 Å². The van der Waals surface area contributed by atoms with Crippen molar-refractivity contribution in [3.8, 4) is 0 Å². The number of hydrogen-bond donors (Lipinski definition) is 1. The van der Waals surface area contributed by atoms with Crippen LogP contribution in [0.3, 0.4) is 0 Å². The SMILES string of the molecule is CCCc1nc(CN(C)CC(=O)O)no1. The summed E-state index contributed by atoms with van der Waals surface area (Å²) in [7, 11) is 1.70. The van der Waals surface area contributed by atoms with Gasteiger partial charge in [0, 0.05) is 6.42 Å². The predicted octanol–water partition coefficient (Wildman–Crippen LogP) is 0.539. The third-order valence-electron chi connectivity index (χ3n) is 1.79. The summed E-state index contributed by atoms with van der Waals surface area (Å²) < 4.78 is 4.98. The fraction of sp³-hybridized carbons (Fsp3) is 0.667. The first-order valence-electron chi connectivity index (χ1n) is 4.83. The number of aryl methyl sites for hydroxylation is 1. The Morgan fingerprint density at radius 3 is 2.93 bits per heavy atom. The van der Waals surface area contributed by atoms with Gasteiger partial charge in [0.05, 0.1) is 13.1 Å². The van der Waals surface area contributed by atoms with E-state index in [9.17, 15) is 4.79 Å².